The lowest BCUT2D eigenvalue weighted by Crippen LogP contribution is -2.01. The number of aliphatic hydroxyl groups excluding tert-OH is 1. The van der Waals surface area contributed by atoms with Gasteiger partial charge in [0.15, 0.2) is 0 Å². The Labute approximate surface area is 108 Å². The molecule has 0 radical (unpaired) electrons. The van der Waals surface area contributed by atoms with Crippen molar-refractivity contribution in [3.8, 4) is 0 Å². The summed E-state index contributed by atoms with van der Waals surface area (Å²) in [5, 5.41) is 9.16. The zero-order chi connectivity index (χ0) is 11.4. The van der Waals surface area contributed by atoms with Crippen LogP contribution in [0.15, 0.2) is 46.3 Å². The molecular weight excluding hydrogens is 284 g/mol. The Bertz CT molecular complexity index is 438. The maximum atomic E-state index is 9.16. The summed E-state index contributed by atoms with van der Waals surface area (Å²) in [6.45, 7) is 0.217. The van der Waals surface area contributed by atoms with Crippen LogP contribution in [0.2, 0.25) is 0 Å². The Morgan fingerprint density at radius 2 is 1.88 bits per heavy atom. The van der Waals surface area contributed by atoms with Crippen molar-refractivity contribution >= 4 is 27.3 Å². The van der Waals surface area contributed by atoms with Crippen LogP contribution in [-0.2, 0) is 0 Å². The van der Waals surface area contributed by atoms with E-state index in [1.165, 1.54) is 10.4 Å². The second kappa shape index (κ2) is 5.62. The highest BCUT2D eigenvalue weighted by molar-refractivity contribution is 9.11. The standard InChI is InChI=1S/C13H13BrOS/c14-13-7-6-12(16-13)11(8-9-15)10-4-2-1-3-5-10/h1-7,11,15H,8-9H2. The molecule has 0 bridgehead atoms. The molecule has 16 heavy (non-hydrogen) atoms. The third-order valence-electron chi connectivity index (χ3n) is 2.56. The van der Waals surface area contributed by atoms with Crippen molar-refractivity contribution < 1.29 is 5.11 Å². The van der Waals surface area contributed by atoms with Crippen molar-refractivity contribution in [3.63, 3.8) is 0 Å². The van der Waals surface area contributed by atoms with Gasteiger partial charge in [0, 0.05) is 17.4 Å². The van der Waals surface area contributed by atoms with Gasteiger partial charge in [0.1, 0.15) is 0 Å². The van der Waals surface area contributed by atoms with E-state index in [4.69, 9.17) is 5.11 Å². The quantitative estimate of drug-likeness (QED) is 0.903. The van der Waals surface area contributed by atoms with E-state index in [9.17, 15) is 0 Å². The van der Waals surface area contributed by atoms with Gasteiger partial charge in [-0.15, -0.1) is 11.3 Å². The van der Waals surface area contributed by atoms with Crippen molar-refractivity contribution in [2.24, 2.45) is 0 Å². The lowest BCUT2D eigenvalue weighted by Gasteiger charge is -2.14. The Balaban J connectivity index is 2.31. The summed E-state index contributed by atoms with van der Waals surface area (Å²) < 4.78 is 1.14. The van der Waals surface area contributed by atoms with Gasteiger partial charge in [0.05, 0.1) is 3.79 Å². The first kappa shape index (κ1) is 11.8. The molecular formula is C13H13BrOS. The van der Waals surface area contributed by atoms with Crippen molar-refractivity contribution in [3.05, 3.63) is 56.7 Å². The van der Waals surface area contributed by atoms with Gasteiger partial charge >= 0.3 is 0 Å². The highest BCUT2D eigenvalue weighted by atomic mass is 79.9. The summed E-state index contributed by atoms with van der Waals surface area (Å²) >= 11 is 5.22. The first-order chi connectivity index (χ1) is 7.81. The van der Waals surface area contributed by atoms with Crippen LogP contribution in [0.5, 0.6) is 0 Å². The number of rotatable bonds is 4. The van der Waals surface area contributed by atoms with Crippen LogP contribution in [0.4, 0.5) is 0 Å². The molecule has 0 aliphatic rings. The Morgan fingerprint density at radius 1 is 1.12 bits per heavy atom. The molecule has 2 aromatic rings. The van der Waals surface area contributed by atoms with E-state index in [-0.39, 0.29) is 6.61 Å². The fraction of sp³-hybridized carbons (Fsp3) is 0.231. The lowest BCUT2D eigenvalue weighted by atomic mass is 9.94. The molecule has 1 unspecified atom stereocenters. The zero-order valence-electron chi connectivity index (χ0n) is 8.77. The minimum atomic E-state index is 0.217. The Hall–Kier alpha value is -0.640. The molecule has 0 saturated carbocycles. The third kappa shape index (κ3) is 2.73. The highest BCUT2D eigenvalue weighted by Crippen LogP contribution is 2.34. The summed E-state index contributed by atoms with van der Waals surface area (Å²) in [4.78, 5) is 1.30. The van der Waals surface area contributed by atoms with E-state index in [1.807, 2.05) is 18.2 Å². The summed E-state index contributed by atoms with van der Waals surface area (Å²) in [5.41, 5.74) is 1.27. The summed E-state index contributed by atoms with van der Waals surface area (Å²) in [6.07, 6.45) is 0.775. The van der Waals surface area contributed by atoms with Gasteiger partial charge in [0.25, 0.3) is 0 Å². The van der Waals surface area contributed by atoms with Crippen LogP contribution in [0.3, 0.4) is 0 Å². The number of hydrogen-bond donors (Lipinski definition) is 1. The van der Waals surface area contributed by atoms with Crippen LogP contribution in [0.1, 0.15) is 22.8 Å². The van der Waals surface area contributed by atoms with Gasteiger partial charge < -0.3 is 5.11 Å². The van der Waals surface area contributed by atoms with Crippen LogP contribution < -0.4 is 0 Å². The van der Waals surface area contributed by atoms with Gasteiger partial charge in [-0.3, -0.25) is 0 Å². The monoisotopic (exact) mass is 296 g/mol. The SMILES string of the molecule is OCCC(c1ccccc1)c1ccc(Br)s1. The van der Waals surface area contributed by atoms with Crippen molar-refractivity contribution in [2.75, 3.05) is 6.61 Å². The van der Waals surface area contributed by atoms with Crippen LogP contribution in [-0.4, -0.2) is 11.7 Å². The minimum absolute atomic E-state index is 0.217. The average molecular weight is 297 g/mol. The van der Waals surface area contributed by atoms with Crippen LogP contribution in [0, 0.1) is 0 Å². The number of halogens is 1. The highest BCUT2D eigenvalue weighted by Gasteiger charge is 2.15. The van der Waals surface area contributed by atoms with Crippen molar-refractivity contribution in [2.45, 2.75) is 12.3 Å². The maximum absolute atomic E-state index is 9.16. The van der Waals surface area contributed by atoms with Gasteiger partial charge in [-0.2, -0.15) is 0 Å². The number of thiophene rings is 1. The second-order valence-corrected chi connectivity index (χ2v) is 6.11. The van der Waals surface area contributed by atoms with E-state index in [0.29, 0.717) is 5.92 Å². The van der Waals surface area contributed by atoms with E-state index in [0.717, 1.165) is 10.2 Å². The largest absolute Gasteiger partial charge is 0.396 e. The molecule has 0 aliphatic heterocycles. The number of hydrogen-bond acceptors (Lipinski definition) is 2. The summed E-state index contributed by atoms with van der Waals surface area (Å²) in [7, 11) is 0. The van der Waals surface area contributed by atoms with E-state index in [1.54, 1.807) is 11.3 Å². The molecule has 0 aliphatic carbocycles. The van der Waals surface area contributed by atoms with E-state index < -0.39 is 0 Å². The molecule has 1 atom stereocenters. The Kier molecular flexibility index (Phi) is 4.16. The molecule has 3 heteroatoms. The molecule has 1 N–H and O–H groups in total. The zero-order valence-corrected chi connectivity index (χ0v) is 11.2. The molecule has 1 nitrogen and oxygen atoms in total. The maximum Gasteiger partial charge on any atom is 0.0701 e. The van der Waals surface area contributed by atoms with Gasteiger partial charge in [-0.25, -0.2) is 0 Å². The molecule has 1 aromatic carbocycles. The average Bonchev–Trinajstić information content (AvgIpc) is 2.74. The minimum Gasteiger partial charge on any atom is -0.396 e. The topological polar surface area (TPSA) is 20.2 Å². The summed E-state index contributed by atoms with van der Waals surface area (Å²) in [6, 6.07) is 14.5. The fourth-order valence-corrected chi connectivity index (χ4v) is 3.39. The molecule has 0 saturated heterocycles. The normalized spacial score (nSPS) is 12.6. The summed E-state index contributed by atoms with van der Waals surface area (Å²) in [5.74, 6) is 0.308. The molecule has 0 spiro atoms. The van der Waals surface area contributed by atoms with Gasteiger partial charge in [-0.1, -0.05) is 30.3 Å². The first-order valence-electron chi connectivity index (χ1n) is 5.22. The lowest BCUT2D eigenvalue weighted by molar-refractivity contribution is 0.282. The first-order valence-corrected chi connectivity index (χ1v) is 6.83. The van der Waals surface area contributed by atoms with Crippen molar-refractivity contribution in [1.29, 1.82) is 0 Å². The fourth-order valence-electron chi connectivity index (χ4n) is 1.80. The number of benzene rings is 1. The predicted molar refractivity (Wildman–Crippen MR) is 72.0 cm³/mol. The molecule has 1 heterocycles. The van der Waals surface area contributed by atoms with Crippen molar-refractivity contribution in [1.82, 2.24) is 0 Å². The molecule has 0 fully saturated rings. The van der Waals surface area contributed by atoms with Crippen LogP contribution in [0.25, 0.3) is 0 Å². The molecule has 0 amide bonds. The van der Waals surface area contributed by atoms with E-state index in [2.05, 4.69) is 40.2 Å². The number of aliphatic hydroxyl groups is 1. The smallest absolute Gasteiger partial charge is 0.0701 e. The van der Waals surface area contributed by atoms with E-state index >= 15 is 0 Å². The van der Waals surface area contributed by atoms with Gasteiger partial charge in [-0.05, 0) is 40.0 Å². The second-order valence-electron chi connectivity index (χ2n) is 3.62. The molecule has 1 aromatic heterocycles. The Morgan fingerprint density at radius 3 is 2.44 bits per heavy atom. The van der Waals surface area contributed by atoms with Gasteiger partial charge in [0.2, 0.25) is 0 Å². The van der Waals surface area contributed by atoms with Crippen LogP contribution >= 0.6 is 27.3 Å². The molecule has 84 valence electrons. The predicted octanol–water partition coefficient (Wildman–Crippen LogP) is 4.02. The molecule has 2 rings (SSSR count). The third-order valence-corrected chi connectivity index (χ3v) is 4.29.